The van der Waals surface area contributed by atoms with Crippen molar-refractivity contribution in [1.82, 2.24) is 4.98 Å². The van der Waals surface area contributed by atoms with E-state index in [0.717, 1.165) is 0 Å². The smallest absolute Gasteiger partial charge is 0.242 e. The lowest BCUT2D eigenvalue weighted by Crippen LogP contribution is -2.22. The predicted molar refractivity (Wildman–Crippen MR) is 90.1 cm³/mol. The first kappa shape index (κ1) is 17.1. The van der Waals surface area contributed by atoms with Crippen LogP contribution >= 0.6 is 22.9 Å². The summed E-state index contributed by atoms with van der Waals surface area (Å²) < 4.78 is 0. The summed E-state index contributed by atoms with van der Waals surface area (Å²) in [6.45, 7) is 1.53. The van der Waals surface area contributed by atoms with Crippen molar-refractivity contribution in [3.63, 3.8) is 0 Å². The predicted octanol–water partition coefficient (Wildman–Crippen LogP) is 2.92. The van der Waals surface area contributed by atoms with Gasteiger partial charge in [0.1, 0.15) is 5.38 Å². The number of hydrogen-bond donors (Lipinski definition) is 2. The molecule has 1 heterocycles. The van der Waals surface area contributed by atoms with Gasteiger partial charge in [0, 0.05) is 17.1 Å². The number of para-hydroxylation sites is 1. The van der Waals surface area contributed by atoms with E-state index in [9.17, 15) is 14.4 Å². The minimum atomic E-state index is -0.730. The second-order valence-corrected chi connectivity index (χ2v) is 6.19. The number of nitrogens with zero attached hydrogens (tertiary/aromatic N) is 1. The number of hydrogen-bond acceptors (Lipinski definition) is 5. The first-order valence-electron chi connectivity index (χ1n) is 6.74. The summed E-state index contributed by atoms with van der Waals surface area (Å²) in [5.41, 5.74) is 0.588. The molecule has 0 fully saturated rings. The standard InChI is InChI=1S/C15H14ClN3O3S/c1-9(16)14(22)18-11-5-3-2-4-10(11)12(20)8-13(21)19-15-17-6-7-23-15/h2-7,9H,8H2,1H3,(H,18,22)(H,17,19,21). The number of ketones is 1. The first-order chi connectivity index (χ1) is 11.0. The molecule has 8 heteroatoms. The van der Waals surface area contributed by atoms with Crippen LogP contribution in [-0.2, 0) is 9.59 Å². The summed E-state index contributed by atoms with van der Waals surface area (Å²) in [6, 6.07) is 6.48. The quantitative estimate of drug-likeness (QED) is 0.476. The van der Waals surface area contributed by atoms with E-state index < -0.39 is 23.0 Å². The largest absolute Gasteiger partial charge is 0.324 e. The van der Waals surface area contributed by atoms with Crippen molar-refractivity contribution in [3.8, 4) is 0 Å². The molecule has 2 N–H and O–H groups in total. The Morgan fingerprint density at radius 3 is 2.65 bits per heavy atom. The number of thiazole rings is 1. The number of amides is 2. The van der Waals surface area contributed by atoms with Gasteiger partial charge >= 0.3 is 0 Å². The highest BCUT2D eigenvalue weighted by atomic mass is 35.5. The lowest BCUT2D eigenvalue weighted by atomic mass is 10.1. The number of alkyl halides is 1. The molecule has 0 spiro atoms. The Kier molecular flexibility index (Phi) is 5.84. The molecular weight excluding hydrogens is 338 g/mol. The van der Waals surface area contributed by atoms with E-state index in [1.165, 1.54) is 18.3 Å². The number of nitrogens with one attached hydrogen (secondary N) is 2. The molecule has 2 rings (SSSR count). The molecule has 0 radical (unpaired) electrons. The van der Waals surface area contributed by atoms with Gasteiger partial charge in [-0.2, -0.15) is 0 Å². The molecule has 1 aromatic heterocycles. The number of carbonyl (C=O) groups excluding carboxylic acids is 3. The fourth-order valence-electron chi connectivity index (χ4n) is 1.76. The monoisotopic (exact) mass is 351 g/mol. The molecule has 0 aliphatic rings. The highest BCUT2D eigenvalue weighted by Crippen LogP contribution is 2.18. The molecule has 2 amide bonds. The molecule has 120 valence electrons. The average molecular weight is 352 g/mol. The maximum Gasteiger partial charge on any atom is 0.242 e. The van der Waals surface area contributed by atoms with E-state index in [-0.39, 0.29) is 12.0 Å². The minimum Gasteiger partial charge on any atom is -0.324 e. The van der Waals surface area contributed by atoms with Gasteiger partial charge in [-0.15, -0.1) is 22.9 Å². The van der Waals surface area contributed by atoms with Crippen LogP contribution < -0.4 is 10.6 Å². The van der Waals surface area contributed by atoms with Crippen LogP contribution in [0.25, 0.3) is 0 Å². The Bertz CT molecular complexity index is 717. The van der Waals surface area contributed by atoms with Crippen LogP contribution in [0.4, 0.5) is 10.8 Å². The van der Waals surface area contributed by atoms with Gasteiger partial charge in [0.25, 0.3) is 0 Å². The van der Waals surface area contributed by atoms with E-state index in [2.05, 4.69) is 15.6 Å². The van der Waals surface area contributed by atoms with Crippen molar-refractivity contribution in [3.05, 3.63) is 41.4 Å². The van der Waals surface area contributed by atoms with Crippen LogP contribution in [0, 0.1) is 0 Å². The molecule has 1 atom stereocenters. The zero-order chi connectivity index (χ0) is 16.8. The number of Topliss-reactive ketones (excluding diaryl/α,β-unsaturated/α-hetero) is 1. The number of rotatable bonds is 6. The fourth-order valence-corrected chi connectivity index (χ4v) is 2.36. The van der Waals surface area contributed by atoms with Crippen LogP contribution in [0.15, 0.2) is 35.8 Å². The van der Waals surface area contributed by atoms with Crippen LogP contribution in [0.2, 0.25) is 0 Å². The van der Waals surface area contributed by atoms with Crippen LogP contribution in [0.5, 0.6) is 0 Å². The summed E-state index contributed by atoms with van der Waals surface area (Å²) in [6.07, 6.45) is 1.21. The molecule has 1 unspecified atom stereocenters. The molecule has 0 saturated heterocycles. The van der Waals surface area contributed by atoms with Gasteiger partial charge < -0.3 is 10.6 Å². The molecule has 1 aromatic carbocycles. The summed E-state index contributed by atoms with van der Waals surface area (Å²) in [5.74, 6) is -1.28. The zero-order valence-electron chi connectivity index (χ0n) is 12.2. The Labute approximate surface area is 141 Å². The number of benzene rings is 1. The van der Waals surface area contributed by atoms with E-state index in [4.69, 9.17) is 11.6 Å². The maximum absolute atomic E-state index is 12.3. The Morgan fingerprint density at radius 2 is 2.00 bits per heavy atom. The van der Waals surface area contributed by atoms with Crippen molar-refractivity contribution < 1.29 is 14.4 Å². The molecule has 0 bridgehead atoms. The molecular formula is C15H14ClN3O3S. The SMILES string of the molecule is CC(Cl)C(=O)Nc1ccccc1C(=O)CC(=O)Nc1nccs1. The Morgan fingerprint density at radius 1 is 1.26 bits per heavy atom. The van der Waals surface area contributed by atoms with Crippen molar-refractivity contribution in [2.45, 2.75) is 18.7 Å². The van der Waals surface area contributed by atoms with Gasteiger partial charge in [0.15, 0.2) is 10.9 Å². The van der Waals surface area contributed by atoms with E-state index in [0.29, 0.717) is 10.8 Å². The van der Waals surface area contributed by atoms with Crippen molar-refractivity contribution in [1.29, 1.82) is 0 Å². The summed E-state index contributed by atoms with van der Waals surface area (Å²) in [7, 11) is 0. The molecule has 0 aliphatic heterocycles. The summed E-state index contributed by atoms with van der Waals surface area (Å²) in [5, 5.41) is 6.53. The van der Waals surface area contributed by atoms with E-state index in [1.54, 1.807) is 35.8 Å². The third-order valence-electron chi connectivity index (χ3n) is 2.85. The van der Waals surface area contributed by atoms with Crippen LogP contribution in [-0.4, -0.2) is 28.0 Å². The molecule has 23 heavy (non-hydrogen) atoms. The fraction of sp³-hybridized carbons (Fsp3) is 0.200. The topological polar surface area (TPSA) is 88.2 Å². The zero-order valence-corrected chi connectivity index (χ0v) is 13.8. The van der Waals surface area contributed by atoms with Gasteiger partial charge in [-0.3, -0.25) is 14.4 Å². The lowest BCUT2D eigenvalue weighted by molar-refractivity contribution is -0.116. The summed E-state index contributed by atoms with van der Waals surface area (Å²) in [4.78, 5) is 39.8. The second-order valence-electron chi connectivity index (χ2n) is 4.64. The van der Waals surface area contributed by atoms with Gasteiger partial charge in [-0.05, 0) is 19.1 Å². The van der Waals surface area contributed by atoms with Crippen molar-refractivity contribution >= 4 is 51.4 Å². The van der Waals surface area contributed by atoms with Crippen LogP contribution in [0.1, 0.15) is 23.7 Å². The Balaban J connectivity index is 2.07. The third kappa shape index (κ3) is 4.87. The van der Waals surface area contributed by atoms with Gasteiger partial charge in [-0.1, -0.05) is 12.1 Å². The molecule has 0 aliphatic carbocycles. The number of anilines is 2. The van der Waals surface area contributed by atoms with Crippen molar-refractivity contribution in [2.75, 3.05) is 10.6 Å². The molecule has 6 nitrogen and oxygen atoms in total. The second kappa shape index (κ2) is 7.85. The normalized spacial score (nSPS) is 11.6. The molecule has 0 saturated carbocycles. The highest BCUT2D eigenvalue weighted by molar-refractivity contribution is 7.13. The Hall–Kier alpha value is -2.25. The number of halogens is 1. The van der Waals surface area contributed by atoms with Gasteiger partial charge in [0.2, 0.25) is 11.8 Å². The summed E-state index contributed by atoms with van der Waals surface area (Å²) >= 11 is 6.97. The van der Waals surface area contributed by atoms with Crippen LogP contribution in [0.3, 0.4) is 0 Å². The third-order valence-corrected chi connectivity index (χ3v) is 3.73. The number of carbonyl (C=O) groups is 3. The van der Waals surface area contributed by atoms with E-state index >= 15 is 0 Å². The van der Waals surface area contributed by atoms with E-state index in [1.807, 2.05) is 0 Å². The number of aromatic nitrogens is 1. The average Bonchev–Trinajstić information content (AvgIpc) is 3.00. The maximum atomic E-state index is 12.3. The van der Waals surface area contributed by atoms with Crippen molar-refractivity contribution in [2.24, 2.45) is 0 Å². The highest BCUT2D eigenvalue weighted by Gasteiger charge is 2.18. The molecule has 2 aromatic rings. The van der Waals surface area contributed by atoms with Gasteiger partial charge in [0.05, 0.1) is 12.1 Å². The lowest BCUT2D eigenvalue weighted by Gasteiger charge is -2.11. The van der Waals surface area contributed by atoms with Gasteiger partial charge in [-0.25, -0.2) is 4.98 Å². The first-order valence-corrected chi connectivity index (χ1v) is 8.05. The minimum absolute atomic E-state index is 0.257.